The average molecular weight is 303 g/mol. The van der Waals surface area contributed by atoms with Crippen molar-refractivity contribution >= 4 is 5.97 Å². The number of aliphatic carboxylic acids is 1. The van der Waals surface area contributed by atoms with Gasteiger partial charge in [0.25, 0.3) is 0 Å². The van der Waals surface area contributed by atoms with Crippen LogP contribution in [0.2, 0.25) is 0 Å². The molecular formula is C16H18FN3O2. The zero-order valence-electron chi connectivity index (χ0n) is 12.3. The summed E-state index contributed by atoms with van der Waals surface area (Å²) in [6.45, 7) is 1.73. The lowest BCUT2D eigenvalue weighted by molar-refractivity contribution is -0.141. The number of hydrogen-bond acceptors (Lipinski definition) is 3. The van der Waals surface area contributed by atoms with E-state index in [1.807, 2.05) is 17.8 Å². The van der Waals surface area contributed by atoms with Crippen LogP contribution in [0.4, 0.5) is 4.39 Å². The Kier molecular flexibility index (Phi) is 3.94. The minimum absolute atomic E-state index is 0.127. The van der Waals surface area contributed by atoms with Crippen LogP contribution in [0.3, 0.4) is 0 Å². The normalized spacial score (nSPS) is 22.1. The molecule has 0 bridgehead atoms. The van der Waals surface area contributed by atoms with Gasteiger partial charge in [-0.1, -0.05) is 12.1 Å². The second-order valence-electron chi connectivity index (χ2n) is 5.75. The molecule has 6 heteroatoms. The van der Waals surface area contributed by atoms with Crippen molar-refractivity contribution in [1.82, 2.24) is 14.5 Å². The van der Waals surface area contributed by atoms with Gasteiger partial charge < -0.3 is 9.67 Å². The first-order chi connectivity index (χ1) is 10.5. The van der Waals surface area contributed by atoms with Gasteiger partial charge >= 0.3 is 5.97 Å². The Morgan fingerprint density at radius 2 is 2.09 bits per heavy atom. The molecule has 5 nitrogen and oxygen atoms in total. The maximum atomic E-state index is 13.1. The summed E-state index contributed by atoms with van der Waals surface area (Å²) in [6.07, 6.45) is 3.61. The van der Waals surface area contributed by atoms with E-state index in [0.717, 1.165) is 11.4 Å². The molecule has 0 aliphatic carbocycles. The van der Waals surface area contributed by atoms with Crippen LogP contribution >= 0.6 is 0 Å². The van der Waals surface area contributed by atoms with Gasteiger partial charge in [0.2, 0.25) is 0 Å². The molecule has 1 N–H and O–H groups in total. The summed E-state index contributed by atoms with van der Waals surface area (Å²) >= 11 is 0. The fourth-order valence-corrected chi connectivity index (χ4v) is 3.06. The van der Waals surface area contributed by atoms with Crippen molar-refractivity contribution in [3.8, 4) is 0 Å². The largest absolute Gasteiger partial charge is 0.481 e. The number of carbonyl (C=O) groups is 1. The van der Waals surface area contributed by atoms with Crippen LogP contribution < -0.4 is 0 Å². The van der Waals surface area contributed by atoms with E-state index in [1.165, 1.54) is 12.1 Å². The number of carboxylic acid groups (broad SMARTS) is 1. The fraction of sp³-hybridized carbons (Fsp3) is 0.375. The SMILES string of the molecule is Cn1ccnc1CN1C[C@@H](C(=O)O)[C@H](c2ccc(F)cc2)C1. The van der Waals surface area contributed by atoms with Crippen molar-refractivity contribution in [3.63, 3.8) is 0 Å². The van der Waals surface area contributed by atoms with Crippen LogP contribution in [0.5, 0.6) is 0 Å². The van der Waals surface area contributed by atoms with Gasteiger partial charge in [0.1, 0.15) is 11.6 Å². The number of aromatic nitrogens is 2. The molecular weight excluding hydrogens is 285 g/mol. The molecule has 2 heterocycles. The lowest BCUT2D eigenvalue weighted by Crippen LogP contribution is -2.24. The highest BCUT2D eigenvalue weighted by molar-refractivity contribution is 5.72. The lowest BCUT2D eigenvalue weighted by atomic mass is 9.89. The smallest absolute Gasteiger partial charge is 0.308 e. The maximum Gasteiger partial charge on any atom is 0.308 e. The van der Waals surface area contributed by atoms with Crippen molar-refractivity contribution in [2.45, 2.75) is 12.5 Å². The van der Waals surface area contributed by atoms with Gasteiger partial charge in [-0.15, -0.1) is 0 Å². The number of imidazole rings is 1. The molecule has 1 aliphatic heterocycles. The Morgan fingerprint density at radius 3 is 2.68 bits per heavy atom. The van der Waals surface area contributed by atoms with E-state index in [-0.39, 0.29) is 11.7 Å². The van der Waals surface area contributed by atoms with E-state index in [0.29, 0.717) is 19.6 Å². The molecule has 1 aromatic heterocycles. The van der Waals surface area contributed by atoms with Crippen molar-refractivity contribution in [2.75, 3.05) is 13.1 Å². The minimum atomic E-state index is -0.809. The van der Waals surface area contributed by atoms with Crippen molar-refractivity contribution in [1.29, 1.82) is 0 Å². The summed E-state index contributed by atoms with van der Waals surface area (Å²) in [5, 5.41) is 9.48. The third-order valence-electron chi connectivity index (χ3n) is 4.30. The van der Waals surface area contributed by atoms with Gasteiger partial charge in [0.15, 0.2) is 0 Å². The summed E-state index contributed by atoms with van der Waals surface area (Å²) in [7, 11) is 1.92. The number of rotatable bonds is 4. The highest BCUT2D eigenvalue weighted by Crippen LogP contribution is 2.33. The number of carboxylic acids is 1. The number of likely N-dealkylation sites (tertiary alicyclic amines) is 1. The van der Waals surface area contributed by atoms with E-state index in [1.54, 1.807) is 18.3 Å². The predicted molar refractivity (Wildman–Crippen MR) is 78.8 cm³/mol. The molecule has 0 saturated carbocycles. The summed E-state index contributed by atoms with van der Waals surface area (Å²) < 4.78 is 15.0. The highest BCUT2D eigenvalue weighted by atomic mass is 19.1. The number of halogens is 1. The van der Waals surface area contributed by atoms with Gasteiger partial charge in [-0.25, -0.2) is 9.37 Å². The first-order valence-corrected chi connectivity index (χ1v) is 7.21. The summed E-state index contributed by atoms with van der Waals surface area (Å²) in [4.78, 5) is 17.9. The van der Waals surface area contributed by atoms with Gasteiger partial charge in [-0.3, -0.25) is 9.69 Å². The quantitative estimate of drug-likeness (QED) is 0.936. The molecule has 1 saturated heterocycles. The van der Waals surface area contributed by atoms with Crippen LogP contribution in [-0.4, -0.2) is 38.6 Å². The molecule has 1 aliphatic rings. The molecule has 2 atom stereocenters. The Labute approximate surface area is 128 Å². The summed E-state index contributed by atoms with van der Waals surface area (Å²) in [5.41, 5.74) is 0.871. The van der Waals surface area contributed by atoms with E-state index < -0.39 is 11.9 Å². The molecule has 22 heavy (non-hydrogen) atoms. The Bertz CT molecular complexity index is 668. The zero-order valence-corrected chi connectivity index (χ0v) is 12.3. The molecule has 0 unspecified atom stereocenters. The zero-order chi connectivity index (χ0) is 15.7. The van der Waals surface area contributed by atoms with Crippen LogP contribution in [-0.2, 0) is 18.4 Å². The lowest BCUT2D eigenvalue weighted by Gasteiger charge is -2.16. The first kappa shape index (κ1) is 14.7. The van der Waals surface area contributed by atoms with Crippen molar-refractivity contribution < 1.29 is 14.3 Å². The van der Waals surface area contributed by atoms with Gasteiger partial charge in [0.05, 0.1) is 12.5 Å². The monoisotopic (exact) mass is 303 g/mol. The second-order valence-corrected chi connectivity index (χ2v) is 5.75. The van der Waals surface area contributed by atoms with Gasteiger partial charge in [-0.2, -0.15) is 0 Å². The molecule has 2 aromatic rings. The molecule has 3 rings (SSSR count). The molecule has 1 fully saturated rings. The topological polar surface area (TPSA) is 58.4 Å². The highest BCUT2D eigenvalue weighted by Gasteiger charge is 2.38. The number of hydrogen-bond donors (Lipinski definition) is 1. The standard InChI is InChI=1S/C16H18FN3O2/c1-19-7-6-18-15(19)10-20-8-13(14(9-20)16(21)22)11-2-4-12(17)5-3-11/h2-7,13-14H,8-10H2,1H3,(H,21,22)/t13-,14+/m0/s1. The van der Waals surface area contributed by atoms with Crippen LogP contribution in [0.1, 0.15) is 17.3 Å². The summed E-state index contributed by atoms with van der Waals surface area (Å²) in [5.74, 6) is -0.817. The average Bonchev–Trinajstić information content (AvgIpc) is 3.08. The molecule has 0 radical (unpaired) electrons. The van der Waals surface area contributed by atoms with Crippen LogP contribution in [0.15, 0.2) is 36.7 Å². The molecule has 1 aromatic carbocycles. The Morgan fingerprint density at radius 1 is 1.36 bits per heavy atom. The minimum Gasteiger partial charge on any atom is -0.481 e. The molecule has 0 amide bonds. The van der Waals surface area contributed by atoms with E-state index in [2.05, 4.69) is 9.88 Å². The number of aryl methyl sites for hydroxylation is 1. The predicted octanol–water partition coefficient (Wildman–Crippen LogP) is 1.86. The Hall–Kier alpha value is -2.21. The summed E-state index contributed by atoms with van der Waals surface area (Å²) in [6, 6.07) is 6.13. The van der Waals surface area contributed by atoms with Crippen molar-refractivity contribution in [2.24, 2.45) is 13.0 Å². The van der Waals surface area contributed by atoms with E-state index in [9.17, 15) is 14.3 Å². The number of benzene rings is 1. The molecule has 116 valence electrons. The third-order valence-corrected chi connectivity index (χ3v) is 4.30. The van der Waals surface area contributed by atoms with Crippen molar-refractivity contribution in [3.05, 3.63) is 53.9 Å². The maximum absolute atomic E-state index is 13.1. The fourth-order valence-electron chi connectivity index (χ4n) is 3.06. The molecule has 0 spiro atoms. The van der Waals surface area contributed by atoms with E-state index in [4.69, 9.17) is 0 Å². The number of nitrogens with zero attached hydrogens (tertiary/aromatic N) is 3. The first-order valence-electron chi connectivity index (χ1n) is 7.21. The van der Waals surface area contributed by atoms with Gasteiger partial charge in [0, 0.05) is 38.4 Å². The third kappa shape index (κ3) is 2.87. The van der Waals surface area contributed by atoms with Crippen LogP contribution in [0.25, 0.3) is 0 Å². The van der Waals surface area contributed by atoms with Crippen LogP contribution in [0, 0.1) is 11.7 Å². The van der Waals surface area contributed by atoms with Gasteiger partial charge in [-0.05, 0) is 17.7 Å². The second kappa shape index (κ2) is 5.88. The van der Waals surface area contributed by atoms with E-state index >= 15 is 0 Å². The Balaban J connectivity index is 1.79.